The van der Waals surface area contributed by atoms with Gasteiger partial charge in [0.1, 0.15) is 0 Å². The molecule has 1 fully saturated rings. The van der Waals surface area contributed by atoms with Crippen LogP contribution in [-0.2, 0) is 0 Å². The minimum atomic E-state index is 0.629. The lowest BCUT2D eigenvalue weighted by Gasteiger charge is -2.33. The highest BCUT2D eigenvalue weighted by Crippen LogP contribution is 2.18. The summed E-state index contributed by atoms with van der Waals surface area (Å²) in [6.45, 7) is 2.26. The second-order valence-corrected chi connectivity index (χ2v) is 3.79. The molecule has 1 aromatic heterocycles. The average Bonchev–Trinajstić information content (AvgIpc) is 2.30. The lowest BCUT2D eigenvalue weighted by Crippen LogP contribution is -2.44. The fourth-order valence-electron chi connectivity index (χ4n) is 1.99. The van der Waals surface area contributed by atoms with Crippen LogP contribution in [0, 0.1) is 0 Å². The number of likely N-dealkylation sites (N-methyl/N-ethyl adjacent to an activating group) is 1. The van der Waals surface area contributed by atoms with Gasteiger partial charge in [-0.15, -0.1) is 0 Å². The molecule has 0 aliphatic carbocycles. The Morgan fingerprint density at radius 1 is 1.57 bits per heavy atom. The van der Waals surface area contributed by atoms with Gasteiger partial charge in [-0.1, -0.05) is 0 Å². The van der Waals surface area contributed by atoms with Crippen molar-refractivity contribution in [1.82, 2.24) is 10.3 Å². The predicted octanol–water partition coefficient (Wildman–Crippen LogP) is 1.27. The first-order chi connectivity index (χ1) is 6.90. The number of piperidine rings is 1. The molecule has 2 rings (SSSR count). The van der Waals surface area contributed by atoms with E-state index in [1.807, 2.05) is 25.5 Å². The van der Waals surface area contributed by atoms with Gasteiger partial charge in [0.25, 0.3) is 0 Å². The van der Waals surface area contributed by atoms with Crippen molar-refractivity contribution in [2.24, 2.45) is 0 Å². The van der Waals surface area contributed by atoms with Crippen LogP contribution < -0.4 is 10.2 Å². The molecule has 0 bridgehead atoms. The van der Waals surface area contributed by atoms with Gasteiger partial charge in [-0.3, -0.25) is 4.98 Å². The first-order valence-corrected chi connectivity index (χ1v) is 5.22. The van der Waals surface area contributed by atoms with Gasteiger partial charge in [-0.2, -0.15) is 0 Å². The van der Waals surface area contributed by atoms with E-state index in [1.165, 1.54) is 18.5 Å². The lowest BCUT2D eigenvalue weighted by atomic mass is 10.1. The largest absolute Gasteiger partial charge is 0.369 e. The standard InChI is InChI=1S/C11H17N3/c1-12-10-4-3-7-14(9-10)11-5-2-6-13-8-11/h2,5-6,8,10,12H,3-4,7,9H2,1H3/t10-/m1/s1. The molecule has 3 heteroatoms. The normalized spacial score (nSPS) is 22.4. The van der Waals surface area contributed by atoms with Crippen molar-refractivity contribution in [3.63, 3.8) is 0 Å². The molecule has 0 radical (unpaired) electrons. The SMILES string of the molecule is CN[C@@H]1CCCN(c2cccnc2)C1. The molecule has 3 nitrogen and oxygen atoms in total. The number of hydrogen-bond acceptors (Lipinski definition) is 3. The quantitative estimate of drug-likeness (QED) is 0.763. The molecule has 0 amide bonds. The summed E-state index contributed by atoms with van der Waals surface area (Å²) in [6, 6.07) is 4.76. The highest BCUT2D eigenvalue weighted by molar-refractivity contribution is 5.44. The van der Waals surface area contributed by atoms with E-state index in [4.69, 9.17) is 0 Å². The number of aromatic nitrogens is 1. The van der Waals surface area contributed by atoms with Gasteiger partial charge in [-0.05, 0) is 32.0 Å². The maximum Gasteiger partial charge on any atom is 0.0553 e. The van der Waals surface area contributed by atoms with Crippen molar-refractivity contribution in [1.29, 1.82) is 0 Å². The minimum Gasteiger partial charge on any atom is -0.369 e. The molecule has 1 saturated heterocycles. The van der Waals surface area contributed by atoms with Gasteiger partial charge in [-0.25, -0.2) is 0 Å². The Hall–Kier alpha value is -1.09. The number of anilines is 1. The summed E-state index contributed by atoms with van der Waals surface area (Å²) in [7, 11) is 2.04. The van der Waals surface area contributed by atoms with Crippen LogP contribution in [0.3, 0.4) is 0 Å². The number of pyridine rings is 1. The molecular weight excluding hydrogens is 174 g/mol. The fraction of sp³-hybridized carbons (Fsp3) is 0.545. The minimum absolute atomic E-state index is 0.629. The van der Waals surface area contributed by atoms with Gasteiger partial charge >= 0.3 is 0 Å². The Kier molecular flexibility index (Phi) is 2.99. The Bertz CT molecular complexity index is 273. The van der Waals surface area contributed by atoms with Crippen LogP contribution in [0.5, 0.6) is 0 Å². The van der Waals surface area contributed by atoms with E-state index in [9.17, 15) is 0 Å². The Morgan fingerprint density at radius 3 is 3.21 bits per heavy atom. The highest BCUT2D eigenvalue weighted by Gasteiger charge is 2.18. The van der Waals surface area contributed by atoms with Crippen molar-refractivity contribution < 1.29 is 0 Å². The van der Waals surface area contributed by atoms with Crippen molar-refractivity contribution >= 4 is 5.69 Å². The van der Waals surface area contributed by atoms with Crippen LogP contribution in [-0.4, -0.2) is 31.2 Å². The molecule has 1 aliphatic rings. The van der Waals surface area contributed by atoms with E-state index in [0.717, 1.165) is 13.1 Å². The van der Waals surface area contributed by atoms with E-state index in [2.05, 4.69) is 21.3 Å². The second-order valence-electron chi connectivity index (χ2n) is 3.79. The zero-order chi connectivity index (χ0) is 9.80. The summed E-state index contributed by atoms with van der Waals surface area (Å²) < 4.78 is 0. The van der Waals surface area contributed by atoms with Crippen LogP contribution in [0.4, 0.5) is 5.69 Å². The molecule has 0 saturated carbocycles. The van der Waals surface area contributed by atoms with Gasteiger partial charge in [0.05, 0.1) is 11.9 Å². The zero-order valence-corrected chi connectivity index (χ0v) is 8.61. The van der Waals surface area contributed by atoms with Crippen molar-refractivity contribution in [3.8, 4) is 0 Å². The van der Waals surface area contributed by atoms with E-state index in [1.54, 1.807) is 0 Å². The molecular formula is C11H17N3. The van der Waals surface area contributed by atoms with Crippen LogP contribution in [0.25, 0.3) is 0 Å². The van der Waals surface area contributed by atoms with Gasteiger partial charge in [0, 0.05) is 25.3 Å². The summed E-state index contributed by atoms with van der Waals surface area (Å²) in [4.78, 5) is 6.55. The smallest absolute Gasteiger partial charge is 0.0553 e. The molecule has 1 N–H and O–H groups in total. The number of nitrogens with one attached hydrogen (secondary N) is 1. The highest BCUT2D eigenvalue weighted by atomic mass is 15.2. The molecule has 14 heavy (non-hydrogen) atoms. The number of nitrogens with zero attached hydrogens (tertiary/aromatic N) is 2. The molecule has 76 valence electrons. The first-order valence-electron chi connectivity index (χ1n) is 5.22. The monoisotopic (exact) mass is 191 g/mol. The van der Waals surface area contributed by atoms with E-state index in [0.29, 0.717) is 6.04 Å². The Morgan fingerprint density at radius 2 is 2.50 bits per heavy atom. The maximum atomic E-state index is 4.15. The Labute approximate surface area is 85.1 Å². The van der Waals surface area contributed by atoms with Crippen molar-refractivity contribution in [2.45, 2.75) is 18.9 Å². The van der Waals surface area contributed by atoms with Crippen molar-refractivity contribution in [2.75, 3.05) is 25.0 Å². The van der Waals surface area contributed by atoms with Gasteiger partial charge in [0.2, 0.25) is 0 Å². The third-order valence-electron chi connectivity index (χ3n) is 2.84. The summed E-state index contributed by atoms with van der Waals surface area (Å²) in [6.07, 6.45) is 6.31. The third kappa shape index (κ3) is 2.04. The van der Waals surface area contributed by atoms with Crippen molar-refractivity contribution in [3.05, 3.63) is 24.5 Å². The molecule has 0 unspecified atom stereocenters. The fourth-order valence-corrected chi connectivity index (χ4v) is 1.99. The van der Waals surface area contributed by atoms with Crippen LogP contribution in [0.15, 0.2) is 24.5 Å². The number of hydrogen-bond donors (Lipinski definition) is 1. The van der Waals surface area contributed by atoms with Gasteiger partial charge in [0.15, 0.2) is 0 Å². The molecule has 2 heterocycles. The summed E-state index contributed by atoms with van der Waals surface area (Å²) in [5.41, 5.74) is 1.24. The van der Waals surface area contributed by atoms with Crippen LogP contribution in [0.2, 0.25) is 0 Å². The second kappa shape index (κ2) is 4.42. The summed E-state index contributed by atoms with van der Waals surface area (Å²) in [5.74, 6) is 0. The summed E-state index contributed by atoms with van der Waals surface area (Å²) >= 11 is 0. The zero-order valence-electron chi connectivity index (χ0n) is 8.61. The van der Waals surface area contributed by atoms with Crippen LogP contribution in [0.1, 0.15) is 12.8 Å². The van der Waals surface area contributed by atoms with Gasteiger partial charge < -0.3 is 10.2 Å². The Balaban J connectivity index is 2.04. The number of rotatable bonds is 2. The molecule has 0 aromatic carbocycles. The van der Waals surface area contributed by atoms with Crippen LogP contribution >= 0.6 is 0 Å². The third-order valence-corrected chi connectivity index (χ3v) is 2.84. The van der Waals surface area contributed by atoms with E-state index < -0.39 is 0 Å². The molecule has 1 atom stereocenters. The maximum absolute atomic E-state index is 4.15. The molecule has 1 aliphatic heterocycles. The predicted molar refractivity (Wildman–Crippen MR) is 58.5 cm³/mol. The summed E-state index contributed by atoms with van der Waals surface area (Å²) in [5, 5.41) is 3.34. The van der Waals surface area contributed by atoms with E-state index in [-0.39, 0.29) is 0 Å². The average molecular weight is 191 g/mol. The first kappa shape index (κ1) is 9.46. The lowest BCUT2D eigenvalue weighted by molar-refractivity contribution is 0.449. The molecule has 1 aromatic rings. The topological polar surface area (TPSA) is 28.2 Å². The molecule has 0 spiro atoms. The van der Waals surface area contributed by atoms with E-state index >= 15 is 0 Å².